The molecule has 2 aromatic heterocycles. The number of rotatable bonds is 7. The number of hydrogen-bond acceptors (Lipinski definition) is 5. The van der Waals surface area contributed by atoms with Gasteiger partial charge >= 0.3 is 0 Å². The lowest BCUT2D eigenvalue weighted by molar-refractivity contribution is 0.798. The Labute approximate surface area is 169 Å². The van der Waals surface area contributed by atoms with Crippen LogP contribution in [0.15, 0.2) is 11.2 Å². The van der Waals surface area contributed by atoms with Gasteiger partial charge in [-0.05, 0) is 27.7 Å². The summed E-state index contributed by atoms with van der Waals surface area (Å²) in [5.41, 5.74) is 1.15. The monoisotopic (exact) mass is 479 g/mol. The molecule has 2 heterocycles. The zero-order valence-electron chi connectivity index (χ0n) is 14.7. The summed E-state index contributed by atoms with van der Waals surface area (Å²) in [6.07, 6.45) is 3.79. The van der Waals surface area contributed by atoms with E-state index in [1.807, 2.05) is 6.20 Å². The van der Waals surface area contributed by atoms with Crippen molar-refractivity contribution in [1.82, 2.24) is 20.6 Å². The molecule has 2 N–H and O–H groups in total. The van der Waals surface area contributed by atoms with Crippen molar-refractivity contribution in [2.45, 2.75) is 40.5 Å². The van der Waals surface area contributed by atoms with Crippen molar-refractivity contribution in [3.8, 4) is 0 Å². The summed E-state index contributed by atoms with van der Waals surface area (Å²) in [5, 5.41) is 8.97. The van der Waals surface area contributed by atoms with Crippen molar-refractivity contribution in [1.29, 1.82) is 0 Å². The van der Waals surface area contributed by atoms with Gasteiger partial charge in [0.15, 0.2) is 5.96 Å². The summed E-state index contributed by atoms with van der Waals surface area (Å²) in [6.45, 7) is 10.8. The Kier molecular flexibility index (Phi) is 9.75. The van der Waals surface area contributed by atoms with Gasteiger partial charge in [-0.1, -0.05) is 0 Å². The molecular weight excluding hydrogens is 453 g/mol. The quantitative estimate of drug-likeness (QED) is 0.363. The second-order valence-electron chi connectivity index (χ2n) is 5.29. The predicted molar refractivity (Wildman–Crippen MR) is 115 cm³/mol. The topological polar surface area (TPSA) is 62.2 Å². The minimum Gasteiger partial charge on any atom is -0.357 e. The molecule has 2 rings (SSSR count). The molecule has 0 saturated carbocycles. The number of guanidine groups is 1. The maximum Gasteiger partial charge on any atom is 0.191 e. The van der Waals surface area contributed by atoms with E-state index in [1.165, 1.54) is 9.75 Å². The Morgan fingerprint density at radius 3 is 2.54 bits per heavy atom. The third kappa shape index (κ3) is 7.02. The van der Waals surface area contributed by atoms with E-state index in [-0.39, 0.29) is 24.0 Å². The van der Waals surface area contributed by atoms with Crippen LogP contribution in [0, 0.1) is 20.8 Å². The number of nitrogens with one attached hydrogen (secondary N) is 2. The van der Waals surface area contributed by atoms with Gasteiger partial charge in [0.05, 0.1) is 15.7 Å². The molecule has 0 atom stereocenters. The molecule has 0 bridgehead atoms. The molecule has 0 aliphatic carbocycles. The van der Waals surface area contributed by atoms with E-state index in [0.29, 0.717) is 0 Å². The van der Waals surface area contributed by atoms with Crippen LogP contribution in [0.3, 0.4) is 0 Å². The SMILES string of the molecule is CCNC(=NCCc1ncc(C)s1)NCCc1sc(C)nc1C.I. The average molecular weight is 479 g/mol. The number of thiazole rings is 2. The molecule has 0 aromatic carbocycles. The first-order valence-corrected chi connectivity index (χ1v) is 9.58. The molecule has 0 aliphatic heterocycles. The normalized spacial score (nSPS) is 11.2. The largest absolute Gasteiger partial charge is 0.357 e. The van der Waals surface area contributed by atoms with E-state index in [1.54, 1.807) is 22.7 Å². The van der Waals surface area contributed by atoms with Crippen LogP contribution in [0.5, 0.6) is 0 Å². The standard InChI is InChI=1S/C16H25N5S2.HI/c1-5-17-16(19-9-7-15-20-10-11(2)22-15)18-8-6-14-12(3)21-13(4)23-14;/h10H,5-9H2,1-4H3,(H2,17,18,19);1H. The van der Waals surface area contributed by atoms with Crippen LogP contribution < -0.4 is 10.6 Å². The summed E-state index contributed by atoms with van der Waals surface area (Å²) >= 11 is 3.52. The summed E-state index contributed by atoms with van der Waals surface area (Å²) < 4.78 is 0. The lowest BCUT2D eigenvalue weighted by atomic mass is 10.3. The first-order valence-electron chi connectivity index (χ1n) is 7.95. The molecule has 0 spiro atoms. The van der Waals surface area contributed by atoms with Gasteiger partial charge in [-0.2, -0.15) is 0 Å². The fourth-order valence-electron chi connectivity index (χ4n) is 2.22. The number of hydrogen-bond donors (Lipinski definition) is 2. The third-order valence-corrected chi connectivity index (χ3v) is 5.36. The maximum atomic E-state index is 4.63. The van der Waals surface area contributed by atoms with Crippen LogP contribution in [0.2, 0.25) is 0 Å². The Hall–Kier alpha value is -0.740. The van der Waals surface area contributed by atoms with E-state index in [4.69, 9.17) is 0 Å². The highest BCUT2D eigenvalue weighted by Crippen LogP contribution is 2.17. The highest BCUT2D eigenvalue weighted by Gasteiger charge is 2.05. The van der Waals surface area contributed by atoms with Crippen LogP contribution in [0.25, 0.3) is 0 Å². The molecule has 0 fully saturated rings. The van der Waals surface area contributed by atoms with E-state index in [2.05, 4.69) is 53.3 Å². The Morgan fingerprint density at radius 2 is 1.96 bits per heavy atom. The van der Waals surface area contributed by atoms with Gasteiger partial charge in [0.25, 0.3) is 0 Å². The van der Waals surface area contributed by atoms with Crippen molar-refractivity contribution in [2.75, 3.05) is 19.6 Å². The van der Waals surface area contributed by atoms with E-state index < -0.39 is 0 Å². The zero-order valence-corrected chi connectivity index (χ0v) is 18.6. The number of nitrogens with zero attached hydrogens (tertiary/aromatic N) is 3. The zero-order chi connectivity index (χ0) is 16.7. The van der Waals surface area contributed by atoms with E-state index in [0.717, 1.165) is 54.1 Å². The Balaban J connectivity index is 0.00000288. The molecule has 134 valence electrons. The Morgan fingerprint density at radius 1 is 1.17 bits per heavy atom. The van der Waals surface area contributed by atoms with Gasteiger partial charge < -0.3 is 10.6 Å². The third-order valence-electron chi connectivity index (χ3n) is 3.25. The highest BCUT2D eigenvalue weighted by molar-refractivity contribution is 14.0. The predicted octanol–water partition coefficient (Wildman–Crippen LogP) is 3.48. The van der Waals surface area contributed by atoms with E-state index in [9.17, 15) is 0 Å². The summed E-state index contributed by atoms with van der Waals surface area (Å²) in [4.78, 5) is 16.1. The van der Waals surface area contributed by atoms with Crippen LogP contribution in [-0.2, 0) is 12.8 Å². The van der Waals surface area contributed by atoms with Crippen LogP contribution in [0.1, 0.15) is 32.4 Å². The van der Waals surface area contributed by atoms with Crippen LogP contribution in [0.4, 0.5) is 0 Å². The average Bonchev–Trinajstić information content (AvgIpc) is 3.04. The number of aromatic nitrogens is 2. The van der Waals surface area contributed by atoms with E-state index >= 15 is 0 Å². The number of aliphatic imine (C=N–C) groups is 1. The Bertz CT molecular complexity index is 651. The number of halogens is 1. The molecule has 5 nitrogen and oxygen atoms in total. The lowest BCUT2D eigenvalue weighted by Gasteiger charge is -2.10. The molecule has 2 aromatic rings. The van der Waals surface area contributed by atoms with Gasteiger partial charge in [0.2, 0.25) is 0 Å². The van der Waals surface area contributed by atoms with Crippen molar-refractivity contribution in [3.63, 3.8) is 0 Å². The molecule has 8 heteroatoms. The van der Waals surface area contributed by atoms with Crippen molar-refractivity contribution >= 4 is 52.6 Å². The summed E-state index contributed by atoms with van der Waals surface area (Å²) in [7, 11) is 0. The highest BCUT2D eigenvalue weighted by atomic mass is 127. The minimum atomic E-state index is 0. The summed E-state index contributed by atoms with van der Waals surface area (Å²) in [5.74, 6) is 0.875. The molecule has 24 heavy (non-hydrogen) atoms. The smallest absolute Gasteiger partial charge is 0.191 e. The lowest BCUT2D eigenvalue weighted by Crippen LogP contribution is -2.38. The molecule has 0 aliphatic rings. The molecule has 0 unspecified atom stereocenters. The summed E-state index contributed by atoms with van der Waals surface area (Å²) in [6, 6.07) is 0. The van der Waals surface area contributed by atoms with Crippen molar-refractivity contribution < 1.29 is 0 Å². The van der Waals surface area contributed by atoms with Crippen molar-refractivity contribution in [3.05, 3.63) is 31.7 Å². The minimum absolute atomic E-state index is 0. The molecule has 0 amide bonds. The molecular formula is C16H26IN5S2. The van der Waals surface area contributed by atoms with Crippen LogP contribution in [-0.4, -0.2) is 35.6 Å². The van der Waals surface area contributed by atoms with Gasteiger partial charge in [-0.15, -0.1) is 46.7 Å². The second kappa shape index (κ2) is 11.0. The first-order chi connectivity index (χ1) is 11.1. The maximum absolute atomic E-state index is 4.63. The number of aryl methyl sites for hydroxylation is 3. The van der Waals surface area contributed by atoms with Gasteiger partial charge in [0.1, 0.15) is 0 Å². The first kappa shape index (κ1) is 21.3. The second-order valence-corrected chi connectivity index (χ2v) is 7.90. The molecule has 0 radical (unpaired) electrons. The molecule has 0 saturated heterocycles. The fourth-order valence-corrected chi connectivity index (χ4v) is 3.93. The van der Waals surface area contributed by atoms with Gasteiger partial charge in [-0.3, -0.25) is 4.99 Å². The van der Waals surface area contributed by atoms with Crippen LogP contribution >= 0.6 is 46.7 Å². The fraction of sp³-hybridized carbons (Fsp3) is 0.562. The van der Waals surface area contributed by atoms with Gasteiger partial charge in [0, 0.05) is 48.4 Å². The van der Waals surface area contributed by atoms with Crippen molar-refractivity contribution in [2.24, 2.45) is 4.99 Å². The van der Waals surface area contributed by atoms with Gasteiger partial charge in [-0.25, -0.2) is 9.97 Å².